The maximum Gasteiger partial charge on any atom is 0.317 e. The zero-order chi connectivity index (χ0) is 20.5. The van der Waals surface area contributed by atoms with Crippen molar-refractivity contribution in [3.63, 3.8) is 0 Å². The number of nitrogens with two attached hydrogens (primary N) is 2. The van der Waals surface area contributed by atoms with Crippen molar-refractivity contribution in [1.29, 1.82) is 0 Å². The van der Waals surface area contributed by atoms with E-state index in [1.807, 2.05) is 0 Å². The summed E-state index contributed by atoms with van der Waals surface area (Å²) in [5, 5.41) is 20.5. The van der Waals surface area contributed by atoms with Crippen molar-refractivity contribution in [2.24, 2.45) is 21.5 Å². The molecule has 2 unspecified atom stereocenters. The van der Waals surface area contributed by atoms with Gasteiger partial charge in [0.2, 0.25) is 5.91 Å². The molecule has 0 aromatic carbocycles. The Labute approximate surface area is 167 Å². The maximum absolute atomic E-state index is 12.6. The molecule has 28 heavy (non-hydrogen) atoms. The van der Waals surface area contributed by atoms with Crippen LogP contribution >= 0.6 is 23.1 Å². The molecule has 2 fully saturated rings. The zero-order valence-electron chi connectivity index (χ0n) is 14.6. The van der Waals surface area contributed by atoms with E-state index in [0.717, 1.165) is 17.6 Å². The molecule has 2 aliphatic rings. The van der Waals surface area contributed by atoms with E-state index in [2.05, 4.69) is 20.6 Å². The van der Waals surface area contributed by atoms with E-state index in [9.17, 15) is 19.5 Å². The average molecular weight is 427 g/mol. The lowest BCUT2D eigenvalue weighted by molar-refractivity contribution is -0.154. The van der Waals surface area contributed by atoms with Gasteiger partial charge in [0.25, 0.3) is 5.91 Å². The normalized spacial score (nSPS) is 27.2. The molecular formula is C14H17N7O5S2. The van der Waals surface area contributed by atoms with Crippen molar-refractivity contribution < 1.29 is 24.3 Å². The molecule has 150 valence electrons. The lowest BCUT2D eigenvalue weighted by Gasteiger charge is -2.52. The number of anilines is 1. The summed E-state index contributed by atoms with van der Waals surface area (Å²) >= 11 is 2.36. The van der Waals surface area contributed by atoms with E-state index in [1.165, 1.54) is 23.8 Å². The first kappa shape index (κ1) is 19.9. The van der Waals surface area contributed by atoms with E-state index in [4.69, 9.17) is 16.4 Å². The average Bonchev–Trinajstić information content (AvgIpc) is 3.09. The van der Waals surface area contributed by atoms with Crippen molar-refractivity contribution in [1.82, 2.24) is 15.2 Å². The topological polar surface area (TPSA) is 186 Å². The number of carboxylic acids is 1. The largest absolute Gasteiger partial charge is 0.480 e. The molecule has 0 spiro atoms. The van der Waals surface area contributed by atoms with Gasteiger partial charge in [-0.25, -0.2) is 4.98 Å². The highest BCUT2D eigenvalue weighted by Crippen LogP contribution is 2.41. The fraction of sp³-hybridized carbons (Fsp3) is 0.429. The van der Waals surface area contributed by atoms with Gasteiger partial charge >= 0.3 is 5.97 Å². The summed E-state index contributed by atoms with van der Waals surface area (Å²) in [7, 11) is 1.28. The van der Waals surface area contributed by atoms with Crippen LogP contribution in [0.3, 0.4) is 0 Å². The van der Waals surface area contributed by atoms with Crippen LogP contribution in [0.5, 0.6) is 0 Å². The van der Waals surface area contributed by atoms with Crippen molar-refractivity contribution in [2.75, 3.05) is 25.1 Å². The number of hydrazone groups is 1. The van der Waals surface area contributed by atoms with Gasteiger partial charge in [-0.1, -0.05) is 5.16 Å². The molecule has 2 aliphatic heterocycles. The number of amides is 2. The zero-order valence-corrected chi connectivity index (χ0v) is 16.2. The molecule has 3 rings (SSSR count). The number of hydrogen-bond acceptors (Lipinski definition) is 11. The first-order chi connectivity index (χ1) is 13.3. The Hall–Kier alpha value is -2.87. The quantitative estimate of drug-likeness (QED) is 0.181. The summed E-state index contributed by atoms with van der Waals surface area (Å²) in [6.45, 7) is -0.0759. The summed E-state index contributed by atoms with van der Waals surface area (Å²) < 4.78 is 0. The predicted octanol–water partition coefficient (Wildman–Crippen LogP) is -1.51. The van der Waals surface area contributed by atoms with Gasteiger partial charge in [-0.2, -0.15) is 5.10 Å². The third-order valence-electron chi connectivity index (χ3n) is 4.30. The second-order valence-electron chi connectivity index (χ2n) is 6.05. The van der Waals surface area contributed by atoms with Crippen LogP contribution in [-0.2, 0) is 19.2 Å². The van der Waals surface area contributed by atoms with E-state index in [-0.39, 0.29) is 28.8 Å². The fourth-order valence-corrected chi connectivity index (χ4v) is 4.94. The minimum atomic E-state index is -1.36. The Morgan fingerprint density at radius 1 is 1.57 bits per heavy atom. The van der Waals surface area contributed by atoms with E-state index >= 15 is 0 Å². The number of nitrogen functional groups attached to an aromatic ring is 1. The lowest BCUT2D eigenvalue weighted by Crippen LogP contribution is -2.74. The second-order valence-corrected chi connectivity index (χ2v) is 8.05. The number of aliphatic carboxylic acids is 1. The van der Waals surface area contributed by atoms with Gasteiger partial charge in [0, 0.05) is 23.9 Å². The number of carbonyl (C=O) groups is 3. The minimum Gasteiger partial charge on any atom is -0.480 e. The molecule has 0 saturated carbocycles. The molecule has 0 radical (unpaired) electrons. The molecule has 3 atom stereocenters. The number of nitrogens with one attached hydrogen (secondary N) is 1. The first-order valence-electron chi connectivity index (χ1n) is 7.86. The number of carboxylic acid groups (broad SMARTS) is 1. The number of rotatable bonds is 6. The van der Waals surface area contributed by atoms with E-state index in [0.29, 0.717) is 0 Å². The van der Waals surface area contributed by atoms with Crippen LogP contribution in [0.15, 0.2) is 15.6 Å². The Kier molecular flexibility index (Phi) is 5.42. The fourth-order valence-electron chi connectivity index (χ4n) is 2.90. The van der Waals surface area contributed by atoms with Crippen molar-refractivity contribution in [3.8, 4) is 0 Å². The highest BCUT2D eigenvalue weighted by Gasteiger charge is 2.57. The lowest BCUT2D eigenvalue weighted by atomic mass is 9.88. The van der Waals surface area contributed by atoms with Gasteiger partial charge < -0.3 is 31.7 Å². The number of hydrogen-bond donors (Lipinski definition) is 4. The number of nitrogens with zero attached hydrogens (tertiary/aromatic N) is 4. The third kappa shape index (κ3) is 3.35. The Bertz CT molecular complexity index is 872. The van der Waals surface area contributed by atoms with Crippen LogP contribution in [0, 0.1) is 5.41 Å². The molecule has 1 aromatic rings. The van der Waals surface area contributed by atoms with Crippen LogP contribution in [0.25, 0.3) is 0 Å². The van der Waals surface area contributed by atoms with Crippen molar-refractivity contribution >= 4 is 57.9 Å². The maximum atomic E-state index is 12.6. The summed E-state index contributed by atoms with van der Waals surface area (Å²) in [6.07, 6.45) is 1.13. The molecule has 14 heteroatoms. The number of β-lactam (4-membered cyclic amide) rings is 1. The highest BCUT2D eigenvalue weighted by atomic mass is 32.2. The van der Waals surface area contributed by atoms with Gasteiger partial charge in [-0.15, -0.1) is 23.1 Å². The Morgan fingerprint density at radius 2 is 2.32 bits per heavy atom. The summed E-state index contributed by atoms with van der Waals surface area (Å²) in [4.78, 5) is 46.8. The molecule has 3 heterocycles. The van der Waals surface area contributed by atoms with Crippen LogP contribution in [0.2, 0.25) is 0 Å². The molecule has 12 nitrogen and oxygen atoms in total. The Balaban J connectivity index is 1.72. The third-order valence-corrected chi connectivity index (χ3v) is 6.53. The highest BCUT2D eigenvalue weighted by molar-refractivity contribution is 8.00. The number of aromatic nitrogens is 1. The molecule has 6 N–H and O–H groups in total. The molecule has 2 saturated heterocycles. The van der Waals surface area contributed by atoms with Gasteiger partial charge in [0.05, 0.1) is 0 Å². The van der Waals surface area contributed by atoms with Crippen LogP contribution in [0.4, 0.5) is 5.13 Å². The van der Waals surface area contributed by atoms with Gasteiger partial charge in [-0.3, -0.25) is 14.4 Å². The number of thiazole rings is 1. The number of oxime groups is 1. The minimum absolute atomic E-state index is 0.0759. The predicted molar refractivity (Wildman–Crippen MR) is 103 cm³/mol. The summed E-state index contributed by atoms with van der Waals surface area (Å²) in [5.74, 6) is 3.11. The van der Waals surface area contributed by atoms with Crippen LogP contribution < -0.4 is 16.9 Å². The number of thioether (sulfide) groups is 1. The molecule has 0 bridgehead atoms. The Morgan fingerprint density at radius 3 is 2.89 bits per heavy atom. The van der Waals surface area contributed by atoms with Crippen LogP contribution in [0.1, 0.15) is 5.69 Å². The number of fused-ring (bicyclic) bond motifs is 1. The molecule has 1 aromatic heterocycles. The van der Waals surface area contributed by atoms with Gasteiger partial charge in [0.1, 0.15) is 29.6 Å². The standard InChI is InChI=1S/C14H17N7O5S2/c1-26-20-7(6-2-27-13(15)18-6)9(22)19-8-10(23)21-4-14(3-17-16,12(24)25)5-28-11(8)21/h2-3,8,11H,4-5,16H2,1H3,(H2,15,18)(H,19,22)(H,24,25)/t8?,11-,14?/m1/s1. The first-order valence-corrected chi connectivity index (χ1v) is 9.79. The van der Waals surface area contributed by atoms with E-state index in [1.54, 1.807) is 5.38 Å². The second kappa shape index (κ2) is 7.63. The smallest absolute Gasteiger partial charge is 0.317 e. The van der Waals surface area contributed by atoms with Gasteiger partial charge in [-0.05, 0) is 0 Å². The molecule has 0 aliphatic carbocycles. The monoisotopic (exact) mass is 427 g/mol. The van der Waals surface area contributed by atoms with Gasteiger partial charge in [0.15, 0.2) is 10.8 Å². The number of carbonyl (C=O) groups excluding carboxylic acids is 2. The van der Waals surface area contributed by atoms with Crippen molar-refractivity contribution in [2.45, 2.75) is 11.4 Å². The molecular weight excluding hydrogens is 410 g/mol. The van der Waals surface area contributed by atoms with E-state index < -0.39 is 34.6 Å². The van der Waals surface area contributed by atoms with Crippen molar-refractivity contribution in [3.05, 3.63) is 11.1 Å². The molecule has 2 amide bonds. The summed E-state index contributed by atoms with van der Waals surface area (Å²) in [5.41, 5.74) is 4.34. The summed E-state index contributed by atoms with van der Waals surface area (Å²) in [6, 6.07) is -0.822. The van der Waals surface area contributed by atoms with Crippen LogP contribution in [-0.4, -0.2) is 75.5 Å². The SMILES string of the molecule is CON=C(C(=O)NC1C(=O)N2CC(C=NN)(C(=O)O)CS[C@H]12)c1csc(N)n1.